The van der Waals surface area contributed by atoms with Gasteiger partial charge in [-0.1, -0.05) is 158 Å². The molecule has 72 heavy (non-hydrogen) atoms. The highest BCUT2D eigenvalue weighted by Gasteiger charge is 2.37. The van der Waals surface area contributed by atoms with Gasteiger partial charge in [0.15, 0.2) is 0 Å². The average molecular weight is 952 g/mol. The fourth-order valence-electron chi connectivity index (χ4n) is 10.4. The summed E-state index contributed by atoms with van der Waals surface area (Å²) < 4.78 is 92.5. The summed E-state index contributed by atoms with van der Waals surface area (Å²) in [5.41, 5.74) is 6.06. The first kappa shape index (κ1) is 44.3. The SMILES string of the molecule is N#Cc1c(-n2c3cc(-c4ccccc4)ccc3c3ccc(-c4ccccc4)cc32)cc(-c2cc(C(F)(F)F)cc(C(F)(F)F)c2)cc1-n1c2cc(=C3C=CC=CC3)ccc2c2ccc(=C3C=CC=CC3)cc21. The Bertz CT molecular complexity index is 3950. The van der Waals surface area contributed by atoms with E-state index in [2.05, 4.69) is 42.5 Å². The number of hydrogen-bond donors (Lipinski definition) is 0. The normalized spacial score (nSPS) is 15.3. The number of allylic oxidation sites excluding steroid dienone is 8. The number of hydrogen-bond acceptors (Lipinski definition) is 1. The molecule has 9 heteroatoms. The van der Waals surface area contributed by atoms with Gasteiger partial charge in [-0.15, -0.1) is 0 Å². The molecule has 0 bridgehead atoms. The molecule has 0 unspecified atom stereocenters. The minimum absolute atomic E-state index is 0.0517. The summed E-state index contributed by atoms with van der Waals surface area (Å²) in [6.45, 7) is 0. The van der Waals surface area contributed by atoms with Crippen molar-refractivity contribution in [3.63, 3.8) is 0 Å². The summed E-state index contributed by atoms with van der Waals surface area (Å²) >= 11 is 0. The Balaban J connectivity index is 1.27. The van der Waals surface area contributed by atoms with Crippen molar-refractivity contribution in [2.45, 2.75) is 25.2 Å². The van der Waals surface area contributed by atoms with Crippen LogP contribution in [0.3, 0.4) is 0 Å². The van der Waals surface area contributed by atoms with Gasteiger partial charge in [0.1, 0.15) is 11.6 Å². The van der Waals surface area contributed by atoms with Gasteiger partial charge in [0, 0.05) is 21.5 Å². The monoisotopic (exact) mass is 951 g/mol. The van der Waals surface area contributed by atoms with Crippen molar-refractivity contribution >= 4 is 54.8 Å². The Morgan fingerprint density at radius 2 is 0.792 bits per heavy atom. The van der Waals surface area contributed by atoms with E-state index in [9.17, 15) is 31.6 Å². The van der Waals surface area contributed by atoms with E-state index in [1.807, 2.05) is 155 Å². The standard InChI is InChI=1S/C63H39F6N3/c64-62(65,66)49-29-47(30-50(37-49)63(67,68)69)48-35-60(71-56-31-43(39-13-5-1-6-14-39)21-25-51(56)52-26-22-44(32-57(52)71)40-15-7-2-8-16-40)55(38-70)61(36-48)72-58-33-45(41-17-9-3-10-18-41)23-27-53(58)54-28-24-46(34-59(54)72)42-19-11-4-12-20-42/h1-17,19,21-37H,18,20H2. The molecule has 0 radical (unpaired) electrons. The van der Waals surface area contributed by atoms with E-state index in [1.165, 1.54) is 0 Å². The Kier molecular flexibility index (Phi) is 10.6. The number of benzene rings is 8. The van der Waals surface area contributed by atoms with Crippen LogP contribution in [0.4, 0.5) is 26.3 Å². The maximum Gasteiger partial charge on any atom is 0.416 e. The van der Waals surface area contributed by atoms with Gasteiger partial charge in [-0.3, -0.25) is 0 Å². The smallest absolute Gasteiger partial charge is 0.308 e. The lowest BCUT2D eigenvalue weighted by Crippen LogP contribution is -2.11. The number of rotatable bonds is 5. The lowest BCUT2D eigenvalue weighted by Gasteiger charge is -2.20. The Labute approximate surface area is 409 Å². The summed E-state index contributed by atoms with van der Waals surface area (Å²) in [7, 11) is 0. The van der Waals surface area contributed by atoms with Crippen molar-refractivity contribution in [3.8, 4) is 50.8 Å². The molecule has 2 heterocycles. The molecule has 0 fully saturated rings. The molecule has 10 aromatic rings. The molecule has 0 atom stereocenters. The van der Waals surface area contributed by atoms with Crippen molar-refractivity contribution in [3.05, 3.63) is 240 Å². The van der Waals surface area contributed by atoms with Crippen LogP contribution >= 0.6 is 0 Å². The molecule has 0 spiro atoms. The molecule has 0 aliphatic heterocycles. The highest BCUT2D eigenvalue weighted by Crippen LogP contribution is 2.44. The maximum atomic E-state index is 14.8. The molecule has 3 nitrogen and oxygen atoms in total. The average Bonchev–Trinajstić information content (AvgIpc) is 3.91. The van der Waals surface area contributed by atoms with Crippen molar-refractivity contribution in [1.82, 2.24) is 9.13 Å². The van der Waals surface area contributed by atoms with Gasteiger partial charge < -0.3 is 9.13 Å². The largest absolute Gasteiger partial charge is 0.416 e. The molecule has 348 valence electrons. The van der Waals surface area contributed by atoms with Crippen molar-refractivity contribution < 1.29 is 26.3 Å². The minimum atomic E-state index is -5.11. The van der Waals surface area contributed by atoms with Gasteiger partial charge >= 0.3 is 12.4 Å². The van der Waals surface area contributed by atoms with E-state index in [0.29, 0.717) is 34.9 Å². The Morgan fingerprint density at radius 1 is 0.389 bits per heavy atom. The zero-order chi connectivity index (χ0) is 49.3. The molecule has 0 saturated carbocycles. The summed E-state index contributed by atoms with van der Waals surface area (Å²) in [6.07, 6.45) is 7.28. The van der Waals surface area contributed by atoms with Gasteiger partial charge in [0.05, 0.1) is 44.6 Å². The lowest BCUT2D eigenvalue weighted by atomic mass is 9.96. The van der Waals surface area contributed by atoms with Crippen LogP contribution in [0.25, 0.3) is 99.5 Å². The highest BCUT2D eigenvalue weighted by molar-refractivity contribution is 6.12. The molecule has 0 amide bonds. The molecule has 12 rings (SSSR count). The number of alkyl halides is 6. The van der Waals surface area contributed by atoms with Crippen LogP contribution < -0.4 is 10.4 Å². The summed E-state index contributed by atoms with van der Waals surface area (Å²) in [5.74, 6) is 0. The maximum absolute atomic E-state index is 14.8. The summed E-state index contributed by atoms with van der Waals surface area (Å²) in [4.78, 5) is 0. The first-order valence-electron chi connectivity index (χ1n) is 23.5. The van der Waals surface area contributed by atoms with Crippen molar-refractivity contribution in [2.24, 2.45) is 0 Å². The molecular weight excluding hydrogens is 913 g/mol. The van der Waals surface area contributed by atoms with E-state index >= 15 is 0 Å². The quantitative estimate of drug-likeness (QED) is 0.158. The number of aromatic nitrogens is 2. The first-order chi connectivity index (χ1) is 34.9. The fourth-order valence-corrected chi connectivity index (χ4v) is 10.4. The Hall–Kier alpha value is -8.87. The number of nitrogens with zero attached hydrogens (tertiary/aromatic N) is 3. The fraction of sp³-hybridized carbons (Fsp3) is 0.0635. The third kappa shape index (κ3) is 7.73. The predicted molar refractivity (Wildman–Crippen MR) is 278 cm³/mol. The van der Waals surface area contributed by atoms with Crippen LogP contribution in [0.15, 0.2) is 212 Å². The van der Waals surface area contributed by atoms with E-state index in [4.69, 9.17) is 0 Å². The molecule has 0 N–H and O–H groups in total. The van der Waals surface area contributed by atoms with Crippen LogP contribution in [0.1, 0.15) is 29.5 Å². The zero-order valence-electron chi connectivity index (χ0n) is 38.2. The second-order valence-corrected chi connectivity index (χ2v) is 18.2. The van der Waals surface area contributed by atoms with Crippen LogP contribution in [-0.4, -0.2) is 9.13 Å². The van der Waals surface area contributed by atoms with E-state index in [-0.39, 0.29) is 34.1 Å². The second-order valence-electron chi connectivity index (χ2n) is 18.2. The Morgan fingerprint density at radius 3 is 1.18 bits per heavy atom. The zero-order valence-corrected chi connectivity index (χ0v) is 38.2. The molecule has 2 aliphatic rings. The number of nitriles is 1. The van der Waals surface area contributed by atoms with E-state index < -0.39 is 23.5 Å². The van der Waals surface area contributed by atoms with Crippen LogP contribution in [0, 0.1) is 11.3 Å². The summed E-state index contributed by atoms with van der Waals surface area (Å²) in [6, 6.07) is 51.4. The minimum Gasteiger partial charge on any atom is -0.308 e. The number of halogens is 6. The second kappa shape index (κ2) is 17.2. The summed E-state index contributed by atoms with van der Waals surface area (Å²) in [5, 5.41) is 17.0. The predicted octanol–water partition coefficient (Wildman–Crippen LogP) is 16.1. The van der Waals surface area contributed by atoms with Crippen LogP contribution in [0.5, 0.6) is 0 Å². The van der Waals surface area contributed by atoms with Crippen LogP contribution in [0.2, 0.25) is 0 Å². The van der Waals surface area contributed by atoms with E-state index in [0.717, 1.165) is 77.5 Å². The van der Waals surface area contributed by atoms with Gasteiger partial charge in [0.2, 0.25) is 0 Å². The van der Waals surface area contributed by atoms with Gasteiger partial charge in [-0.2, -0.15) is 31.6 Å². The number of fused-ring (bicyclic) bond motifs is 6. The van der Waals surface area contributed by atoms with Gasteiger partial charge in [0.25, 0.3) is 0 Å². The van der Waals surface area contributed by atoms with Crippen molar-refractivity contribution in [1.29, 1.82) is 5.26 Å². The van der Waals surface area contributed by atoms with Crippen molar-refractivity contribution in [2.75, 3.05) is 0 Å². The van der Waals surface area contributed by atoms with E-state index in [1.54, 1.807) is 12.1 Å². The third-order valence-corrected chi connectivity index (χ3v) is 13.9. The molecule has 2 aromatic heterocycles. The molecular formula is C63H39F6N3. The molecule has 0 saturated heterocycles. The lowest BCUT2D eigenvalue weighted by molar-refractivity contribution is -0.143. The topological polar surface area (TPSA) is 33.6 Å². The highest BCUT2D eigenvalue weighted by atomic mass is 19.4. The van der Waals surface area contributed by atoms with Gasteiger partial charge in [-0.25, -0.2) is 0 Å². The third-order valence-electron chi connectivity index (χ3n) is 13.9. The van der Waals surface area contributed by atoms with Gasteiger partial charge in [-0.05, 0) is 122 Å². The van der Waals surface area contributed by atoms with Crippen LogP contribution in [-0.2, 0) is 12.4 Å². The molecule has 8 aromatic carbocycles. The molecule has 2 aliphatic carbocycles. The first-order valence-corrected chi connectivity index (χ1v) is 23.5.